The van der Waals surface area contributed by atoms with E-state index in [4.69, 9.17) is 9.47 Å². The molecule has 0 radical (unpaired) electrons. The summed E-state index contributed by atoms with van der Waals surface area (Å²) >= 11 is 0. The molecule has 0 fully saturated rings. The summed E-state index contributed by atoms with van der Waals surface area (Å²) in [5, 5.41) is 19.4. The van der Waals surface area contributed by atoms with Gasteiger partial charge in [0, 0.05) is 5.92 Å². The molecule has 0 saturated carbocycles. The number of aliphatic hydroxyl groups excluding tert-OH is 2. The maximum atomic E-state index is 10.1. The Balaban J connectivity index is 2.21. The van der Waals surface area contributed by atoms with E-state index in [2.05, 4.69) is 0 Å². The van der Waals surface area contributed by atoms with Crippen molar-refractivity contribution in [1.29, 1.82) is 0 Å². The fourth-order valence-electron chi connectivity index (χ4n) is 2.33. The average Bonchev–Trinajstić information content (AvgIpc) is 2.62. The fourth-order valence-corrected chi connectivity index (χ4v) is 2.33. The van der Waals surface area contributed by atoms with E-state index in [-0.39, 0.29) is 12.5 Å². The number of aliphatic hydroxyl groups is 2. The molecule has 0 aliphatic rings. The summed E-state index contributed by atoms with van der Waals surface area (Å²) in [6, 6.07) is 15.1. The van der Waals surface area contributed by atoms with Gasteiger partial charge in [0.1, 0.15) is 11.5 Å². The van der Waals surface area contributed by atoms with Crippen LogP contribution in [-0.2, 0) is 0 Å². The van der Waals surface area contributed by atoms with Crippen LogP contribution in [0.25, 0.3) is 6.08 Å². The Morgan fingerprint density at radius 2 is 1.43 bits per heavy atom. The zero-order valence-electron chi connectivity index (χ0n) is 13.3. The van der Waals surface area contributed by atoms with Crippen LogP contribution in [0.3, 0.4) is 0 Å². The lowest BCUT2D eigenvalue weighted by atomic mass is 9.92. The molecule has 0 heterocycles. The number of methoxy groups -OCH3 is 2. The highest BCUT2D eigenvalue weighted by Crippen LogP contribution is 2.25. The van der Waals surface area contributed by atoms with Crippen LogP contribution in [0, 0.1) is 0 Å². The van der Waals surface area contributed by atoms with Crippen LogP contribution >= 0.6 is 0 Å². The van der Waals surface area contributed by atoms with Gasteiger partial charge in [-0.25, -0.2) is 0 Å². The predicted octanol–water partition coefficient (Wildman–Crippen LogP) is 2.85. The lowest BCUT2D eigenvalue weighted by Crippen LogP contribution is -2.20. The fraction of sp³-hybridized carbons (Fsp3) is 0.263. The van der Waals surface area contributed by atoms with Crippen molar-refractivity contribution in [3.63, 3.8) is 0 Å². The summed E-state index contributed by atoms with van der Waals surface area (Å²) in [4.78, 5) is 0. The molecular formula is C19H22O4. The van der Waals surface area contributed by atoms with Crippen molar-refractivity contribution in [3.8, 4) is 11.5 Å². The second-order valence-electron chi connectivity index (χ2n) is 5.18. The first-order valence-corrected chi connectivity index (χ1v) is 7.43. The monoisotopic (exact) mass is 314 g/mol. The van der Waals surface area contributed by atoms with E-state index >= 15 is 0 Å². The Labute approximate surface area is 136 Å². The Bertz CT molecular complexity index is 617. The summed E-state index contributed by atoms with van der Waals surface area (Å²) in [7, 11) is 3.24. The average molecular weight is 314 g/mol. The zero-order valence-corrected chi connectivity index (χ0v) is 13.3. The van der Waals surface area contributed by atoms with E-state index < -0.39 is 6.10 Å². The zero-order chi connectivity index (χ0) is 16.7. The molecule has 2 aromatic carbocycles. The summed E-state index contributed by atoms with van der Waals surface area (Å²) in [5.74, 6) is 1.25. The van der Waals surface area contributed by atoms with E-state index in [0.29, 0.717) is 0 Å². The van der Waals surface area contributed by atoms with E-state index in [1.54, 1.807) is 14.2 Å². The van der Waals surface area contributed by atoms with Gasteiger partial charge in [-0.15, -0.1) is 0 Å². The molecular weight excluding hydrogens is 292 g/mol. The van der Waals surface area contributed by atoms with Crippen molar-refractivity contribution in [3.05, 3.63) is 65.7 Å². The topological polar surface area (TPSA) is 58.9 Å². The first-order chi connectivity index (χ1) is 11.2. The van der Waals surface area contributed by atoms with Crippen LogP contribution in [0.1, 0.15) is 17.0 Å². The highest BCUT2D eigenvalue weighted by Gasteiger charge is 2.17. The second-order valence-corrected chi connectivity index (χ2v) is 5.18. The molecule has 0 bridgehead atoms. The first kappa shape index (κ1) is 17.1. The molecule has 4 heteroatoms. The highest BCUT2D eigenvalue weighted by molar-refractivity contribution is 5.52. The van der Waals surface area contributed by atoms with Crippen LogP contribution in [0.5, 0.6) is 11.5 Å². The number of benzene rings is 2. The number of rotatable bonds is 7. The lowest BCUT2D eigenvalue weighted by molar-refractivity contribution is 0.0842. The Morgan fingerprint density at radius 1 is 0.913 bits per heavy atom. The van der Waals surface area contributed by atoms with Crippen molar-refractivity contribution in [1.82, 2.24) is 0 Å². The number of hydrogen-bond acceptors (Lipinski definition) is 4. The summed E-state index contributed by atoms with van der Waals surface area (Å²) in [5.41, 5.74) is 1.91. The molecule has 0 aliphatic heterocycles. The second kappa shape index (κ2) is 8.36. The van der Waals surface area contributed by atoms with Gasteiger partial charge >= 0.3 is 0 Å². The number of ether oxygens (including phenoxy) is 2. The molecule has 0 spiro atoms. The molecule has 0 saturated heterocycles. The molecule has 2 aromatic rings. The summed E-state index contributed by atoms with van der Waals surface area (Å²) < 4.78 is 10.3. The van der Waals surface area contributed by atoms with Crippen LogP contribution in [0.15, 0.2) is 54.6 Å². The Morgan fingerprint density at radius 3 is 1.91 bits per heavy atom. The van der Waals surface area contributed by atoms with E-state index in [0.717, 1.165) is 22.6 Å². The molecule has 2 atom stereocenters. The Hall–Kier alpha value is -2.30. The van der Waals surface area contributed by atoms with Crippen molar-refractivity contribution < 1.29 is 19.7 Å². The maximum Gasteiger partial charge on any atom is 0.118 e. The van der Waals surface area contributed by atoms with E-state index in [1.807, 2.05) is 60.7 Å². The standard InChI is InChI=1S/C19H22O4/c1-22-16-8-3-14(4-9-16)5-12-18(19(21)13-20)15-6-10-17(23-2)11-7-15/h3-12,18-21H,13H2,1-2H3/b12-5+/t18-,19+/m0/s1. The SMILES string of the molecule is COc1ccc(/C=C/[C@@H](c2ccc(OC)cc2)[C@H](O)CO)cc1. The molecule has 4 nitrogen and oxygen atoms in total. The van der Waals surface area contributed by atoms with Crippen LogP contribution in [0.2, 0.25) is 0 Å². The van der Waals surface area contributed by atoms with Crippen molar-refractivity contribution in [2.24, 2.45) is 0 Å². The van der Waals surface area contributed by atoms with E-state index in [1.165, 1.54) is 0 Å². The van der Waals surface area contributed by atoms with Crippen LogP contribution in [-0.4, -0.2) is 37.1 Å². The quantitative estimate of drug-likeness (QED) is 0.825. The predicted molar refractivity (Wildman–Crippen MR) is 90.9 cm³/mol. The van der Waals surface area contributed by atoms with Gasteiger partial charge in [0.2, 0.25) is 0 Å². The third kappa shape index (κ3) is 4.58. The normalized spacial score (nSPS) is 13.7. The van der Waals surface area contributed by atoms with Crippen molar-refractivity contribution in [2.45, 2.75) is 12.0 Å². The molecule has 0 aromatic heterocycles. The molecule has 0 aliphatic carbocycles. The maximum absolute atomic E-state index is 10.1. The largest absolute Gasteiger partial charge is 0.497 e. The minimum absolute atomic E-state index is 0.298. The lowest BCUT2D eigenvalue weighted by Gasteiger charge is -2.18. The summed E-state index contributed by atoms with van der Waals surface area (Å²) in [6.07, 6.45) is 2.95. The molecule has 0 unspecified atom stereocenters. The van der Waals surface area contributed by atoms with Crippen molar-refractivity contribution >= 4 is 6.08 Å². The highest BCUT2D eigenvalue weighted by atomic mass is 16.5. The van der Waals surface area contributed by atoms with E-state index in [9.17, 15) is 10.2 Å². The van der Waals surface area contributed by atoms with Crippen LogP contribution < -0.4 is 9.47 Å². The molecule has 2 N–H and O–H groups in total. The van der Waals surface area contributed by atoms with Gasteiger partial charge in [-0.05, 0) is 35.4 Å². The minimum Gasteiger partial charge on any atom is -0.497 e. The molecule has 23 heavy (non-hydrogen) atoms. The molecule has 2 rings (SSSR count). The Kier molecular flexibility index (Phi) is 6.20. The van der Waals surface area contributed by atoms with Gasteiger partial charge in [-0.2, -0.15) is 0 Å². The van der Waals surface area contributed by atoms with Crippen LogP contribution in [0.4, 0.5) is 0 Å². The van der Waals surface area contributed by atoms with Crippen molar-refractivity contribution in [2.75, 3.05) is 20.8 Å². The van der Waals surface area contributed by atoms with Gasteiger partial charge in [-0.1, -0.05) is 36.4 Å². The number of hydrogen-bond donors (Lipinski definition) is 2. The minimum atomic E-state index is -0.863. The molecule has 122 valence electrons. The smallest absolute Gasteiger partial charge is 0.118 e. The van der Waals surface area contributed by atoms with Gasteiger partial charge < -0.3 is 19.7 Å². The van der Waals surface area contributed by atoms with Gasteiger partial charge in [0.05, 0.1) is 26.9 Å². The van der Waals surface area contributed by atoms with Gasteiger partial charge in [0.25, 0.3) is 0 Å². The van der Waals surface area contributed by atoms with Gasteiger partial charge in [0.15, 0.2) is 0 Å². The third-order valence-corrected chi connectivity index (χ3v) is 3.71. The summed E-state index contributed by atoms with van der Waals surface area (Å²) in [6.45, 7) is -0.302. The third-order valence-electron chi connectivity index (χ3n) is 3.71. The first-order valence-electron chi connectivity index (χ1n) is 7.43. The van der Waals surface area contributed by atoms with Gasteiger partial charge in [-0.3, -0.25) is 0 Å². The molecule has 0 amide bonds.